The van der Waals surface area contributed by atoms with E-state index in [4.69, 9.17) is 4.74 Å². The number of benzene rings is 1. The number of ether oxygens (including phenoxy) is 1. The Hall–Kier alpha value is -2.99. The fourth-order valence-corrected chi connectivity index (χ4v) is 3.39. The van der Waals surface area contributed by atoms with Crippen molar-refractivity contribution in [3.05, 3.63) is 74.8 Å². The van der Waals surface area contributed by atoms with Crippen molar-refractivity contribution in [2.24, 2.45) is 0 Å². The predicted molar refractivity (Wildman–Crippen MR) is 106 cm³/mol. The Labute approximate surface area is 157 Å². The van der Waals surface area contributed by atoms with E-state index in [1.807, 2.05) is 49.4 Å². The van der Waals surface area contributed by atoms with Crippen molar-refractivity contribution < 1.29 is 4.74 Å². The van der Waals surface area contributed by atoms with Gasteiger partial charge in [-0.25, -0.2) is 0 Å². The van der Waals surface area contributed by atoms with Crippen LogP contribution in [0, 0.1) is 0 Å². The molecule has 2 aromatic carbocycles. The van der Waals surface area contributed by atoms with Crippen molar-refractivity contribution in [3.63, 3.8) is 0 Å². The molecule has 0 aliphatic carbocycles. The summed E-state index contributed by atoms with van der Waals surface area (Å²) in [6, 6.07) is 13.2. The number of rotatable bonds is 5. The van der Waals surface area contributed by atoms with E-state index >= 15 is 0 Å². The van der Waals surface area contributed by atoms with Crippen molar-refractivity contribution in [2.45, 2.75) is 13.0 Å². The summed E-state index contributed by atoms with van der Waals surface area (Å²) in [4.78, 5) is 30.8. The van der Waals surface area contributed by atoms with E-state index in [-0.39, 0.29) is 6.04 Å². The molecule has 1 saturated heterocycles. The van der Waals surface area contributed by atoms with E-state index < -0.39 is 10.9 Å². The smallest absolute Gasteiger partial charge is 0.250 e. The third kappa shape index (κ3) is 3.36. The second-order valence-electron chi connectivity index (χ2n) is 6.68. The van der Waals surface area contributed by atoms with E-state index in [1.54, 1.807) is 6.20 Å². The first-order valence-electron chi connectivity index (χ1n) is 9.09. The molecule has 1 fully saturated rings. The second kappa shape index (κ2) is 7.32. The van der Waals surface area contributed by atoms with Gasteiger partial charge in [-0.15, -0.1) is 0 Å². The Bertz CT molecular complexity index is 986. The molecule has 0 bridgehead atoms. The third-order valence-electron chi connectivity index (χ3n) is 4.93. The summed E-state index contributed by atoms with van der Waals surface area (Å²) in [5.74, 6) is 0. The van der Waals surface area contributed by atoms with Crippen LogP contribution in [0.3, 0.4) is 0 Å². The maximum absolute atomic E-state index is 12.2. The molecule has 1 aliphatic heterocycles. The third-order valence-corrected chi connectivity index (χ3v) is 4.93. The van der Waals surface area contributed by atoms with E-state index in [1.165, 1.54) is 0 Å². The number of anilines is 2. The van der Waals surface area contributed by atoms with Crippen LogP contribution in [0.4, 0.5) is 11.4 Å². The first kappa shape index (κ1) is 17.4. The van der Waals surface area contributed by atoms with Crippen molar-refractivity contribution in [2.75, 3.05) is 36.5 Å². The molecule has 2 heterocycles. The molecule has 0 saturated carbocycles. The zero-order chi connectivity index (χ0) is 18.8. The van der Waals surface area contributed by atoms with Crippen LogP contribution in [0.1, 0.15) is 18.7 Å². The van der Waals surface area contributed by atoms with Gasteiger partial charge in [0.2, 0.25) is 10.9 Å². The lowest BCUT2D eigenvalue weighted by molar-refractivity contribution is 0.122. The number of morpholine rings is 1. The lowest BCUT2D eigenvalue weighted by Gasteiger charge is -2.29. The number of aromatic nitrogens is 1. The summed E-state index contributed by atoms with van der Waals surface area (Å²) in [5.41, 5.74) is 2.59. The maximum atomic E-state index is 12.2. The summed E-state index contributed by atoms with van der Waals surface area (Å²) in [5, 5.41) is 3.16. The average Bonchev–Trinajstić information content (AvgIpc) is 2.74. The lowest BCUT2D eigenvalue weighted by atomic mass is 9.97. The highest BCUT2D eigenvalue weighted by molar-refractivity contribution is 5.82. The summed E-state index contributed by atoms with van der Waals surface area (Å²) in [7, 11) is 0. The molecule has 0 radical (unpaired) electrons. The van der Waals surface area contributed by atoms with Gasteiger partial charge in [0.25, 0.3) is 0 Å². The Morgan fingerprint density at radius 2 is 1.78 bits per heavy atom. The van der Waals surface area contributed by atoms with Gasteiger partial charge in [-0.05, 0) is 36.8 Å². The lowest BCUT2D eigenvalue weighted by Crippen LogP contribution is -2.37. The number of nitrogens with one attached hydrogen (secondary N) is 1. The fourth-order valence-electron chi connectivity index (χ4n) is 3.39. The molecule has 1 N–H and O–H groups in total. The monoisotopic (exact) mass is 363 g/mol. The molecule has 27 heavy (non-hydrogen) atoms. The standard InChI is InChI=1S/C21H21N3O3/c1-14(17-4-2-3-9-22-17)23-19-18(20(25)21(19)26)15-5-7-16(8-6-15)24-10-12-27-13-11-24/h2-9,14,23H,10-13H2,1H3. The highest BCUT2D eigenvalue weighted by atomic mass is 16.5. The summed E-state index contributed by atoms with van der Waals surface area (Å²) >= 11 is 0. The minimum absolute atomic E-state index is 0.166. The molecule has 1 aliphatic rings. The van der Waals surface area contributed by atoms with E-state index in [2.05, 4.69) is 15.2 Å². The Morgan fingerprint density at radius 3 is 2.44 bits per heavy atom. The van der Waals surface area contributed by atoms with Crippen molar-refractivity contribution >= 4 is 11.4 Å². The molecule has 1 atom stereocenters. The van der Waals surface area contributed by atoms with Gasteiger partial charge in [-0.3, -0.25) is 14.6 Å². The Morgan fingerprint density at radius 1 is 1.04 bits per heavy atom. The second-order valence-corrected chi connectivity index (χ2v) is 6.68. The van der Waals surface area contributed by atoms with E-state index in [9.17, 15) is 9.59 Å². The highest BCUT2D eigenvalue weighted by Crippen LogP contribution is 2.28. The average molecular weight is 363 g/mol. The topological polar surface area (TPSA) is 71.5 Å². The molecule has 6 nitrogen and oxygen atoms in total. The van der Waals surface area contributed by atoms with Gasteiger partial charge < -0.3 is 15.0 Å². The number of hydrogen-bond donors (Lipinski definition) is 1. The quantitative estimate of drug-likeness (QED) is 0.702. The highest BCUT2D eigenvalue weighted by Gasteiger charge is 2.24. The van der Waals surface area contributed by atoms with Gasteiger partial charge in [0.05, 0.1) is 36.2 Å². The van der Waals surface area contributed by atoms with Crippen molar-refractivity contribution in [1.29, 1.82) is 0 Å². The van der Waals surface area contributed by atoms with Crippen LogP contribution in [0.25, 0.3) is 11.1 Å². The van der Waals surface area contributed by atoms with Crippen LogP contribution in [0.2, 0.25) is 0 Å². The molecule has 0 spiro atoms. The SMILES string of the molecule is CC(Nc1c(-c2ccc(N3CCOCC3)cc2)c(=O)c1=O)c1ccccn1. The molecule has 1 aromatic heterocycles. The first-order valence-corrected chi connectivity index (χ1v) is 9.09. The molecule has 6 heteroatoms. The maximum Gasteiger partial charge on any atom is 0.250 e. The Balaban J connectivity index is 1.57. The van der Waals surface area contributed by atoms with Crippen LogP contribution in [0.5, 0.6) is 0 Å². The molecule has 1 unspecified atom stereocenters. The van der Waals surface area contributed by atoms with Crippen LogP contribution < -0.4 is 21.1 Å². The fraction of sp³-hybridized carbons (Fsp3) is 0.286. The minimum atomic E-state index is -0.468. The zero-order valence-electron chi connectivity index (χ0n) is 15.1. The molecule has 0 amide bonds. The Kier molecular flexibility index (Phi) is 4.73. The first-order chi connectivity index (χ1) is 13.1. The van der Waals surface area contributed by atoms with Gasteiger partial charge in [-0.1, -0.05) is 18.2 Å². The van der Waals surface area contributed by atoms with Crippen LogP contribution in [0.15, 0.2) is 58.3 Å². The molecule has 4 rings (SSSR count). The zero-order valence-corrected chi connectivity index (χ0v) is 15.1. The largest absolute Gasteiger partial charge is 0.378 e. The van der Waals surface area contributed by atoms with E-state index in [0.717, 1.165) is 43.2 Å². The summed E-state index contributed by atoms with van der Waals surface area (Å²) in [6.45, 7) is 5.07. The molecule has 3 aromatic rings. The minimum Gasteiger partial charge on any atom is -0.378 e. The molecule has 138 valence electrons. The van der Waals surface area contributed by atoms with Gasteiger partial charge >= 0.3 is 0 Å². The normalized spacial score (nSPS) is 15.7. The van der Waals surface area contributed by atoms with Gasteiger partial charge in [0.1, 0.15) is 0 Å². The van der Waals surface area contributed by atoms with Gasteiger partial charge in [0, 0.05) is 25.0 Å². The predicted octanol–water partition coefficient (Wildman–Crippen LogP) is 2.35. The number of nitrogens with zero attached hydrogens (tertiary/aromatic N) is 2. The van der Waals surface area contributed by atoms with Gasteiger partial charge in [-0.2, -0.15) is 0 Å². The van der Waals surface area contributed by atoms with E-state index in [0.29, 0.717) is 11.3 Å². The summed E-state index contributed by atoms with van der Waals surface area (Å²) < 4.78 is 5.38. The molecular weight excluding hydrogens is 342 g/mol. The number of hydrogen-bond acceptors (Lipinski definition) is 6. The van der Waals surface area contributed by atoms with Crippen LogP contribution in [-0.2, 0) is 4.74 Å². The van der Waals surface area contributed by atoms with Crippen molar-refractivity contribution in [3.8, 4) is 11.1 Å². The summed E-state index contributed by atoms with van der Waals surface area (Å²) in [6.07, 6.45) is 1.71. The van der Waals surface area contributed by atoms with Crippen LogP contribution in [-0.4, -0.2) is 31.3 Å². The van der Waals surface area contributed by atoms with Crippen LogP contribution >= 0.6 is 0 Å². The molecular formula is C21H21N3O3. The van der Waals surface area contributed by atoms with Crippen molar-refractivity contribution in [1.82, 2.24) is 4.98 Å². The number of pyridine rings is 1. The van der Waals surface area contributed by atoms with Gasteiger partial charge in [0.15, 0.2) is 0 Å².